The number of benzene rings is 2. The van der Waals surface area contributed by atoms with Gasteiger partial charge >= 0.3 is 0 Å². The first-order valence-corrected chi connectivity index (χ1v) is 11.1. The maximum absolute atomic E-state index is 11.4. The van der Waals surface area contributed by atoms with Crippen molar-refractivity contribution in [2.45, 2.75) is 19.5 Å². The van der Waals surface area contributed by atoms with Crippen molar-refractivity contribution < 1.29 is 14.3 Å². The molecule has 0 bridgehead atoms. The smallest absolute Gasteiger partial charge is 0.234 e. The minimum Gasteiger partial charge on any atom is -0.490 e. The molecule has 0 radical (unpaired) electrons. The number of carbonyl (C=O) groups is 1. The van der Waals surface area contributed by atoms with Gasteiger partial charge in [0.1, 0.15) is 30.4 Å². The predicted molar refractivity (Wildman–Crippen MR) is 131 cm³/mol. The van der Waals surface area contributed by atoms with Gasteiger partial charge in [-0.1, -0.05) is 22.6 Å². The number of hydrogen-bond donors (Lipinski definition) is 3. The molecule has 0 unspecified atom stereocenters. The van der Waals surface area contributed by atoms with E-state index in [-0.39, 0.29) is 11.9 Å². The third-order valence-electron chi connectivity index (χ3n) is 4.37. The van der Waals surface area contributed by atoms with Gasteiger partial charge in [-0.25, -0.2) is 4.99 Å². The third kappa shape index (κ3) is 6.00. The van der Waals surface area contributed by atoms with E-state index in [0.29, 0.717) is 35.1 Å². The monoisotopic (exact) mass is 536 g/mol. The lowest BCUT2D eigenvalue weighted by Crippen LogP contribution is -2.54. The first kappa shape index (κ1) is 22.7. The molecule has 9 nitrogen and oxygen atoms in total. The Kier molecular flexibility index (Phi) is 7.21. The number of nitrogens with zero attached hydrogens (tertiary/aromatic N) is 3. The normalized spacial score (nSPS) is 15.0. The summed E-state index contributed by atoms with van der Waals surface area (Å²) in [6.45, 7) is 4.58. The Balaban J connectivity index is 1.49. The molecule has 2 aromatic rings. The van der Waals surface area contributed by atoms with Crippen LogP contribution < -0.4 is 31.2 Å². The molecule has 0 aliphatic carbocycles. The van der Waals surface area contributed by atoms with Gasteiger partial charge in [0.15, 0.2) is 0 Å². The Bertz CT molecular complexity index is 974. The fourth-order valence-electron chi connectivity index (χ4n) is 3.09. The van der Waals surface area contributed by atoms with Crippen LogP contribution in [0.2, 0.25) is 0 Å². The summed E-state index contributed by atoms with van der Waals surface area (Å²) in [6, 6.07) is 14.7. The number of guanidine groups is 2. The van der Waals surface area contributed by atoms with Crippen molar-refractivity contribution in [1.82, 2.24) is 0 Å². The van der Waals surface area contributed by atoms with Crippen molar-refractivity contribution in [2.75, 3.05) is 27.9 Å². The number of hydrogen-bond acceptors (Lipinski definition) is 8. The molecule has 0 aromatic heterocycles. The summed E-state index contributed by atoms with van der Waals surface area (Å²) in [4.78, 5) is 21.6. The van der Waals surface area contributed by atoms with Gasteiger partial charge in [-0.05, 0) is 62.4 Å². The Morgan fingerprint density at radius 1 is 1.03 bits per heavy atom. The molecule has 164 valence electrons. The topological polar surface area (TPSA) is 128 Å². The predicted octanol–water partition coefficient (Wildman–Crippen LogP) is 2.70. The number of aliphatic imine (C=N–C) groups is 2. The van der Waals surface area contributed by atoms with Crippen LogP contribution in [0.4, 0.5) is 11.4 Å². The molecular weight excluding hydrogens is 511 g/mol. The lowest BCUT2D eigenvalue weighted by Gasteiger charge is -2.38. The number of carbonyl (C=O) groups excluding carboxylic acids is 1. The van der Waals surface area contributed by atoms with Crippen molar-refractivity contribution >= 4 is 51.8 Å². The summed E-state index contributed by atoms with van der Waals surface area (Å²) >= 11 is 2.02. The molecule has 10 heteroatoms. The molecule has 2 aromatic carbocycles. The maximum atomic E-state index is 11.4. The number of amides is 1. The zero-order valence-corrected chi connectivity index (χ0v) is 19.5. The zero-order chi connectivity index (χ0) is 22.4. The highest BCUT2D eigenvalue weighted by atomic mass is 127. The Morgan fingerprint density at radius 2 is 1.58 bits per heavy atom. The summed E-state index contributed by atoms with van der Waals surface area (Å²) in [7, 11) is 0. The Morgan fingerprint density at radius 3 is 2.10 bits per heavy atom. The quantitative estimate of drug-likeness (QED) is 0.271. The highest BCUT2D eigenvalue weighted by molar-refractivity contribution is 14.1. The van der Waals surface area contributed by atoms with Gasteiger partial charge in [0.25, 0.3) is 0 Å². The van der Waals surface area contributed by atoms with Gasteiger partial charge in [0, 0.05) is 11.4 Å². The van der Waals surface area contributed by atoms with Crippen LogP contribution in [-0.2, 0) is 4.79 Å². The first-order valence-electron chi connectivity index (χ1n) is 9.60. The van der Waals surface area contributed by atoms with E-state index < -0.39 is 5.66 Å². The summed E-state index contributed by atoms with van der Waals surface area (Å²) < 4.78 is 11.8. The van der Waals surface area contributed by atoms with Gasteiger partial charge in [-0.2, -0.15) is 4.99 Å². The number of anilines is 2. The number of nitrogens with one attached hydrogen (secondary N) is 1. The molecule has 1 aliphatic rings. The van der Waals surface area contributed by atoms with Crippen molar-refractivity contribution in [3.05, 3.63) is 48.5 Å². The van der Waals surface area contributed by atoms with Crippen LogP contribution in [0.3, 0.4) is 0 Å². The average Bonchev–Trinajstić information content (AvgIpc) is 2.72. The molecule has 0 saturated carbocycles. The highest BCUT2D eigenvalue weighted by Crippen LogP contribution is 2.28. The summed E-state index contributed by atoms with van der Waals surface area (Å²) in [6.07, 6.45) is 0. The first-order chi connectivity index (χ1) is 14.8. The highest BCUT2D eigenvalue weighted by Gasteiger charge is 2.32. The van der Waals surface area contributed by atoms with Crippen LogP contribution >= 0.6 is 22.6 Å². The number of halogens is 1. The molecule has 1 aliphatic heterocycles. The second kappa shape index (κ2) is 9.86. The van der Waals surface area contributed by atoms with Crippen LogP contribution in [0, 0.1) is 0 Å². The molecule has 5 N–H and O–H groups in total. The fraction of sp³-hybridized carbons (Fsp3) is 0.286. The summed E-state index contributed by atoms with van der Waals surface area (Å²) in [5, 5.41) is 2.79. The standard InChI is InChI=1S/C21H25IN6O3/c1-21(2)27-19(23)26-20(24)28(21)15-5-9-17(10-6-15)31-12-11-30-16-7-3-14(4-8-16)25-18(29)13-22/h3-10H,11-13H2,1-2H3,(H,25,29)(H4,23,24,26,27). The van der Waals surface area contributed by atoms with Gasteiger partial charge in [0.2, 0.25) is 17.8 Å². The Labute approximate surface area is 194 Å². The SMILES string of the molecule is CC1(C)N=C(N)N=C(N)N1c1ccc(OCCOc2ccc(NC(=O)CI)cc2)cc1. The molecule has 0 saturated heterocycles. The molecule has 31 heavy (non-hydrogen) atoms. The van der Waals surface area contributed by atoms with Crippen LogP contribution in [0.1, 0.15) is 13.8 Å². The minimum atomic E-state index is -0.638. The van der Waals surface area contributed by atoms with E-state index in [4.69, 9.17) is 20.9 Å². The number of nitrogens with two attached hydrogens (primary N) is 2. The van der Waals surface area contributed by atoms with E-state index in [1.54, 1.807) is 24.3 Å². The second-order valence-corrected chi connectivity index (χ2v) is 7.93. The van der Waals surface area contributed by atoms with E-state index >= 15 is 0 Å². The van der Waals surface area contributed by atoms with Crippen molar-refractivity contribution in [3.63, 3.8) is 0 Å². The minimum absolute atomic E-state index is 0.0376. The molecule has 3 rings (SSSR count). The van der Waals surface area contributed by atoms with E-state index in [0.717, 1.165) is 11.4 Å². The molecule has 1 heterocycles. The van der Waals surface area contributed by atoms with Crippen LogP contribution in [0.25, 0.3) is 0 Å². The fourth-order valence-corrected chi connectivity index (χ4v) is 3.28. The summed E-state index contributed by atoms with van der Waals surface area (Å²) in [5.41, 5.74) is 12.7. The molecule has 0 fully saturated rings. The number of rotatable bonds is 8. The second-order valence-electron chi connectivity index (χ2n) is 7.17. The average molecular weight is 536 g/mol. The lowest BCUT2D eigenvalue weighted by molar-refractivity contribution is -0.113. The Hall–Kier alpha value is -3.02. The third-order valence-corrected chi connectivity index (χ3v) is 5.06. The van der Waals surface area contributed by atoms with E-state index in [9.17, 15) is 4.79 Å². The van der Waals surface area contributed by atoms with Gasteiger partial charge < -0.3 is 26.3 Å². The molecule has 0 atom stereocenters. The number of alkyl halides is 1. The maximum Gasteiger partial charge on any atom is 0.234 e. The summed E-state index contributed by atoms with van der Waals surface area (Å²) in [5.74, 6) is 1.83. The van der Waals surface area contributed by atoms with Crippen LogP contribution in [0.15, 0.2) is 58.5 Å². The molecule has 0 spiro atoms. The zero-order valence-electron chi connectivity index (χ0n) is 17.3. The lowest BCUT2D eigenvalue weighted by atomic mass is 10.1. The van der Waals surface area contributed by atoms with E-state index in [1.165, 1.54) is 0 Å². The van der Waals surface area contributed by atoms with Crippen molar-refractivity contribution in [3.8, 4) is 11.5 Å². The van der Waals surface area contributed by atoms with Crippen molar-refractivity contribution in [2.24, 2.45) is 21.5 Å². The van der Waals surface area contributed by atoms with E-state index in [2.05, 4.69) is 15.3 Å². The van der Waals surface area contributed by atoms with Crippen LogP contribution in [-0.4, -0.2) is 41.1 Å². The van der Waals surface area contributed by atoms with Crippen molar-refractivity contribution in [1.29, 1.82) is 0 Å². The van der Waals surface area contributed by atoms with Gasteiger partial charge in [-0.3, -0.25) is 9.69 Å². The van der Waals surface area contributed by atoms with E-state index in [1.807, 2.05) is 65.6 Å². The number of ether oxygens (including phenoxy) is 2. The molecule has 1 amide bonds. The van der Waals surface area contributed by atoms with Gasteiger partial charge in [-0.15, -0.1) is 0 Å². The van der Waals surface area contributed by atoms with Gasteiger partial charge in [0.05, 0.1) is 4.43 Å². The molecular formula is C21H25IN6O3. The largest absolute Gasteiger partial charge is 0.490 e. The van der Waals surface area contributed by atoms with Crippen LogP contribution in [0.5, 0.6) is 11.5 Å².